The number of benzene rings is 1. The number of fused-ring (bicyclic) bond motifs is 3. The fraction of sp³-hybridized carbons (Fsp3) is 0.273. The molecule has 0 saturated carbocycles. The summed E-state index contributed by atoms with van der Waals surface area (Å²) in [5.41, 5.74) is 1.19. The Morgan fingerprint density at radius 1 is 1.26 bits per heavy atom. The van der Waals surface area contributed by atoms with Gasteiger partial charge in [-0.05, 0) is 36.2 Å². The van der Waals surface area contributed by atoms with Gasteiger partial charge in [0.05, 0.1) is 17.8 Å². The fourth-order valence-corrected chi connectivity index (χ4v) is 5.00. The van der Waals surface area contributed by atoms with Crippen molar-refractivity contribution in [1.29, 1.82) is 0 Å². The molecule has 0 atom stereocenters. The highest BCUT2D eigenvalue weighted by atomic mass is 32.2. The monoisotopic (exact) mass is 456 g/mol. The molecule has 3 heterocycles. The van der Waals surface area contributed by atoms with E-state index in [0.29, 0.717) is 21.9 Å². The molecule has 0 aliphatic rings. The number of carbonyl (C=O) groups excluding carboxylic acids is 1. The van der Waals surface area contributed by atoms with Gasteiger partial charge in [-0.25, -0.2) is 14.4 Å². The SMILES string of the molecule is CCCCNC(=O)CSc1nc2c(sc3ncccc32)c(=O)n1Cc1ccc(F)cc1. The van der Waals surface area contributed by atoms with Crippen LogP contribution in [-0.4, -0.2) is 32.7 Å². The van der Waals surface area contributed by atoms with Crippen LogP contribution in [0.5, 0.6) is 0 Å². The largest absolute Gasteiger partial charge is 0.355 e. The second-order valence-corrected chi connectivity index (χ2v) is 8.98. The lowest BCUT2D eigenvalue weighted by molar-refractivity contribution is -0.118. The summed E-state index contributed by atoms with van der Waals surface area (Å²) in [4.78, 5) is 35.4. The maximum atomic E-state index is 13.4. The van der Waals surface area contributed by atoms with Crippen LogP contribution < -0.4 is 10.9 Å². The molecule has 1 aromatic carbocycles. The van der Waals surface area contributed by atoms with Crippen molar-refractivity contribution in [2.75, 3.05) is 12.3 Å². The molecule has 9 heteroatoms. The topological polar surface area (TPSA) is 76.9 Å². The summed E-state index contributed by atoms with van der Waals surface area (Å²) in [5, 5.41) is 4.16. The molecular weight excluding hydrogens is 435 g/mol. The second-order valence-electron chi connectivity index (χ2n) is 7.04. The Morgan fingerprint density at radius 2 is 2.06 bits per heavy atom. The number of hydrogen-bond acceptors (Lipinski definition) is 6. The first-order valence-electron chi connectivity index (χ1n) is 9.99. The molecule has 0 aliphatic heterocycles. The van der Waals surface area contributed by atoms with Gasteiger partial charge in [-0.2, -0.15) is 0 Å². The van der Waals surface area contributed by atoms with Crippen LogP contribution >= 0.6 is 23.1 Å². The number of thioether (sulfide) groups is 1. The molecule has 0 unspecified atom stereocenters. The van der Waals surface area contributed by atoms with Crippen LogP contribution in [0.15, 0.2) is 52.5 Å². The number of aromatic nitrogens is 3. The van der Waals surface area contributed by atoms with E-state index < -0.39 is 0 Å². The normalized spacial score (nSPS) is 11.3. The number of unbranched alkanes of at least 4 members (excludes halogenated alkanes) is 1. The molecule has 1 amide bonds. The Bertz CT molecular complexity index is 1280. The van der Waals surface area contributed by atoms with Crippen molar-refractivity contribution in [3.63, 3.8) is 0 Å². The average molecular weight is 457 g/mol. The maximum Gasteiger partial charge on any atom is 0.272 e. The lowest BCUT2D eigenvalue weighted by atomic mass is 10.2. The Labute approximate surface area is 186 Å². The second kappa shape index (κ2) is 9.57. The van der Waals surface area contributed by atoms with Gasteiger partial charge in [-0.15, -0.1) is 11.3 Å². The van der Waals surface area contributed by atoms with Crippen molar-refractivity contribution in [1.82, 2.24) is 19.9 Å². The number of nitrogens with zero attached hydrogens (tertiary/aromatic N) is 3. The predicted octanol–water partition coefficient (Wildman–Crippen LogP) is 4.20. The third-order valence-corrected chi connectivity index (χ3v) is 6.82. The van der Waals surface area contributed by atoms with Gasteiger partial charge >= 0.3 is 0 Å². The Balaban J connectivity index is 1.73. The molecule has 0 spiro atoms. The van der Waals surface area contributed by atoms with E-state index in [-0.39, 0.29) is 29.6 Å². The summed E-state index contributed by atoms with van der Waals surface area (Å²) >= 11 is 2.53. The Morgan fingerprint density at radius 3 is 2.84 bits per heavy atom. The molecule has 0 radical (unpaired) electrons. The van der Waals surface area contributed by atoms with Crippen LogP contribution in [0.3, 0.4) is 0 Å². The zero-order valence-corrected chi connectivity index (χ0v) is 18.6. The lowest BCUT2D eigenvalue weighted by Crippen LogP contribution is -2.27. The van der Waals surface area contributed by atoms with Gasteiger partial charge in [0.2, 0.25) is 5.91 Å². The van der Waals surface area contributed by atoms with Gasteiger partial charge in [0.15, 0.2) is 5.16 Å². The third kappa shape index (κ3) is 4.77. The number of pyridine rings is 1. The molecule has 0 bridgehead atoms. The van der Waals surface area contributed by atoms with E-state index >= 15 is 0 Å². The first kappa shape index (κ1) is 21.5. The number of rotatable bonds is 8. The fourth-order valence-electron chi connectivity index (χ4n) is 3.15. The molecule has 1 N–H and O–H groups in total. The lowest BCUT2D eigenvalue weighted by Gasteiger charge is -2.12. The molecule has 0 saturated heterocycles. The Hall–Kier alpha value is -2.78. The van der Waals surface area contributed by atoms with E-state index in [1.54, 1.807) is 22.9 Å². The van der Waals surface area contributed by atoms with E-state index in [1.807, 2.05) is 12.1 Å². The molecule has 3 aromatic heterocycles. The Kier molecular flexibility index (Phi) is 6.62. The van der Waals surface area contributed by atoms with Crippen molar-refractivity contribution in [2.24, 2.45) is 0 Å². The number of thiophene rings is 1. The van der Waals surface area contributed by atoms with Gasteiger partial charge in [-0.1, -0.05) is 37.2 Å². The van der Waals surface area contributed by atoms with E-state index in [9.17, 15) is 14.0 Å². The highest BCUT2D eigenvalue weighted by Crippen LogP contribution is 2.30. The molecule has 31 heavy (non-hydrogen) atoms. The predicted molar refractivity (Wildman–Crippen MR) is 123 cm³/mol. The highest BCUT2D eigenvalue weighted by Gasteiger charge is 2.18. The summed E-state index contributed by atoms with van der Waals surface area (Å²) in [7, 11) is 0. The summed E-state index contributed by atoms with van der Waals surface area (Å²) in [6, 6.07) is 9.72. The summed E-state index contributed by atoms with van der Waals surface area (Å²) in [5.74, 6) is -0.276. The van der Waals surface area contributed by atoms with Crippen LogP contribution in [0, 0.1) is 5.82 Å². The summed E-state index contributed by atoms with van der Waals surface area (Å²) in [6.07, 6.45) is 3.61. The molecule has 4 aromatic rings. The summed E-state index contributed by atoms with van der Waals surface area (Å²) in [6.45, 7) is 2.93. The standard InChI is InChI=1S/C22H21FN4O2S2/c1-2-3-10-24-17(28)13-30-22-26-18-16-5-4-11-25-20(16)31-19(18)21(29)27(22)12-14-6-8-15(23)9-7-14/h4-9,11H,2-3,10,12-13H2,1H3,(H,24,28). The number of carbonyl (C=O) groups is 1. The minimum atomic E-state index is -0.335. The van der Waals surface area contributed by atoms with Crippen LogP contribution in [-0.2, 0) is 11.3 Å². The number of nitrogens with one attached hydrogen (secondary N) is 1. The highest BCUT2D eigenvalue weighted by molar-refractivity contribution is 7.99. The average Bonchev–Trinajstić information content (AvgIpc) is 3.15. The van der Waals surface area contributed by atoms with Crippen molar-refractivity contribution in [3.8, 4) is 0 Å². The van der Waals surface area contributed by atoms with Crippen molar-refractivity contribution >= 4 is 49.4 Å². The van der Waals surface area contributed by atoms with E-state index in [1.165, 1.54) is 35.2 Å². The number of hydrogen-bond donors (Lipinski definition) is 1. The molecular formula is C22H21FN4O2S2. The zero-order valence-electron chi connectivity index (χ0n) is 16.9. The van der Waals surface area contributed by atoms with E-state index in [2.05, 4.69) is 17.2 Å². The van der Waals surface area contributed by atoms with E-state index in [0.717, 1.165) is 28.6 Å². The van der Waals surface area contributed by atoms with Gasteiger partial charge in [0.25, 0.3) is 5.56 Å². The zero-order chi connectivity index (χ0) is 21.8. The van der Waals surface area contributed by atoms with E-state index in [4.69, 9.17) is 4.98 Å². The number of halogens is 1. The first-order valence-corrected chi connectivity index (χ1v) is 11.8. The summed E-state index contributed by atoms with van der Waals surface area (Å²) < 4.78 is 15.4. The van der Waals surface area contributed by atoms with Crippen LogP contribution in [0.25, 0.3) is 20.4 Å². The van der Waals surface area contributed by atoms with Gasteiger partial charge in [0.1, 0.15) is 15.3 Å². The van der Waals surface area contributed by atoms with Crippen LogP contribution in [0.4, 0.5) is 4.39 Å². The first-order chi connectivity index (χ1) is 15.1. The van der Waals surface area contributed by atoms with Gasteiger partial charge in [0, 0.05) is 18.1 Å². The minimum absolute atomic E-state index is 0.0991. The molecule has 6 nitrogen and oxygen atoms in total. The molecule has 4 rings (SSSR count). The molecule has 160 valence electrons. The maximum absolute atomic E-state index is 13.4. The van der Waals surface area contributed by atoms with Gasteiger partial charge < -0.3 is 5.32 Å². The smallest absolute Gasteiger partial charge is 0.272 e. The third-order valence-electron chi connectivity index (χ3n) is 4.76. The quantitative estimate of drug-likeness (QED) is 0.244. The van der Waals surface area contributed by atoms with Gasteiger partial charge in [-0.3, -0.25) is 14.2 Å². The van der Waals surface area contributed by atoms with Crippen LogP contribution in [0.1, 0.15) is 25.3 Å². The molecule has 0 aliphatic carbocycles. The van der Waals surface area contributed by atoms with Crippen LogP contribution in [0.2, 0.25) is 0 Å². The van der Waals surface area contributed by atoms with Crippen molar-refractivity contribution in [3.05, 3.63) is 64.3 Å². The molecule has 0 fully saturated rings. The van der Waals surface area contributed by atoms with Crippen molar-refractivity contribution < 1.29 is 9.18 Å². The van der Waals surface area contributed by atoms with Crippen molar-refractivity contribution in [2.45, 2.75) is 31.5 Å². The number of amides is 1. The minimum Gasteiger partial charge on any atom is -0.355 e.